The van der Waals surface area contributed by atoms with Gasteiger partial charge in [-0.2, -0.15) is 0 Å². The summed E-state index contributed by atoms with van der Waals surface area (Å²) in [6.07, 6.45) is 0. The lowest BCUT2D eigenvalue weighted by molar-refractivity contribution is -0.307. The van der Waals surface area contributed by atoms with Crippen molar-refractivity contribution in [2.45, 2.75) is 46.3 Å². The molecule has 1 N–H and O–H groups in total. The number of aliphatic hydroxyl groups is 1. The maximum Gasteiger partial charge on any atom is 0.128 e. The zero-order chi connectivity index (χ0) is 20.2. The first kappa shape index (κ1) is 19.4. The van der Waals surface area contributed by atoms with Gasteiger partial charge in [0.05, 0.1) is 0 Å². The second-order valence-electron chi connectivity index (χ2n) is 9.58. The van der Waals surface area contributed by atoms with Crippen LogP contribution in [0.15, 0.2) is 48.5 Å². The normalized spacial score (nSPS) is 29.4. The number of aryl methyl sites for hydroxylation is 1. The monoisotopic (exact) mass is 379 g/mol. The molecular weight excluding hydrogens is 346 g/mol. The van der Waals surface area contributed by atoms with Gasteiger partial charge in [-0.15, -0.1) is 0 Å². The fraction of sp³-hybridized carbons (Fsp3) is 0.542. The highest BCUT2D eigenvalue weighted by atomic mass is 16.3. The second kappa shape index (κ2) is 6.57. The molecule has 0 atom stereocenters. The summed E-state index contributed by atoms with van der Waals surface area (Å²) in [6.45, 7) is 14.9. The van der Waals surface area contributed by atoms with E-state index in [0.717, 1.165) is 43.3 Å². The van der Waals surface area contributed by atoms with Gasteiger partial charge in [0, 0.05) is 48.7 Å². The smallest absolute Gasteiger partial charge is 0.128 e. The van der Waals surface area contributed by atoms with Crippen molar-refractivity contribution in [1.82, 2.24) is 9.88 Å². The van der Waals surface area contributed by atoms with Crippen LogP contribution < -0.4 is 4.90 Å². The molecule has 4 heteroatoms. The highest BCUT2D eigenvalue weighted by Gasteiger charge is 2.73. The van der Waals surface area contributed by atoms with Crippen LogP contribution in [0.1, 0.15) is 39.0 Å². The van der Waals surface area contributed by atoms with Crippen molar-refractivity contribution in [2.24, 2.45) is 10.8 Å². The third-order valence-corrected chi connectivity index (χ3v) is 7.30. The van der Waals surface area contributed by atoms with Crippen LogP contribution in [-0.2, 0) is 5.60 Å². The van der Waals surface area contributed by atoms with E-state index in [-0.39, 0.29) is 10.8 Å². The van der Waals surface area contributed by atoms with Gasteiger partial charge in [0.25, 0.3) is 0 Å². The van der Waals surface area contributed by atoms with Gasteiger partial charge in [-0.25, -0.2) is 4.98 Å². The molecule has 2 fully saturated rings. The van der Waals surface area contributed by atoms with Gasteiger partial charge >= 0.3 is 0 Å². The van der Waals surface area contributed by atoms with E-state index in [2.05, 4.69) is 66.7 Å². The molecule has 0 bridgehead atoms. The van der Waals surface area contributed by atoms with E-state index in [9.17, 15) is 5.11 Å². The fourth-order valence-corrected chi connectivity index (χ4v) is 6.30. The first-order valence-electron chi connectivity index (χ1n) is 10.4. The summed E-state index contributed by atoms with van der Waals surface area (Å²) in [6, 6.07) is 16.8. The lowest BCUT2D eigenvalue weighted by Crippen LogP contribution is -2.79. The molecule has 2 aromatic rings. The molecule has 1 aromatic heterocycles. The summed E-state index contributed by atoms with van der Waals surface area (Å²) in [5, 5.41) is 11.9. The van der Waals surface area contributed by atoms with Crippen LogP contribution in [0.2, 0.25) is 0 Å². The minimum absolute atomic E-state index is 0.221. The standard InChI is InChI=1S/C24H33N3O/c1-18-10-9-13-20(25-18)26-14-16-27(17-15-26)21-22(2,3)24(28,23(21,4)5)19-11-7-6-8-12-19/h6-13,21,28H,14-17H2,1-5H3. The quantitative estimate of drug-likeness (QED) is 0.880. The molecule has 1 aliphatic carbocycles. The average Bonchev–Trinajstić information content (AvgIpc) is 2.68. The van der Waals surface area contributed by atoms with Crippen molar-refractivity contribution in [1.29, 1.82) is 0 Å². The van der Waals surface area contributed by atoms with Gasteiger partial charge in [-0.1, -0.05) is 64.1 Å². The number of piperazine rings is 1. The first-order valence-corrected chi connectivity index (χ1v) is 10.4. The molecule has 0 radical (unpaired) electrons. The molecule has 2 aliphatic rings. The number of hydrogen-bond donors (Lipinski definition) is 1. The zero-order valence-electron chi connectivity index (χ0n) is 17.8. The Balaban J connectivity index is 1.53. The van der Waals surface area contributed by atoms with E-state index in [0.29, 0.717) is 6.04 Å². The molecule has 1 saturated heterocycles. The summed E-state index contributed by atoms with van der Waals surface area (Å²) in [5.74, 6) is 1.08. The second-order valence-corrected chi connectivity index (χ2v) is 9.58. The number of hydrogen-bond acceptors (Lipinski definition) is 4. The van der Waals surface area contributed by atoms with Crippen LogP contribution in [0.5, 0.6) is 0 Å². The molecule has 1 aliphatic heterocycles. The lowest BCUT2D eigenvalue weighted by Gasteiger charge is -2.72. The molecule has 4 nitrogen and oxygen atoms in total. The Kier molecular flexibility index (Phi) is 4.55. The van der Waals surface area contributed by atoms with Gasteiger partial charge in [-0.3, -0.25) is 4.90 Å². The molecule has 4 rings (SSSR count). The minimum Gasteiger partial charge on any atom is -0.384 e. The highest BCUT2D eigenvalue weighted by molar-refractivity contribution is 5.41. The number of anilines is 1. The van der Waals surface area contributed by atoms with E-state index >= 15 is 0 Å². The Bertz CT molecular complexity index is 822. The summed E-state index contributed by atoms with van der Waals surface area (Å²) < 4.78 is 0. The van der Waals surface area contributed by atoms with Crippen molar-refractivity contribution in [3.8, 4) is 0 Å². The van der Waals surface area contributed by atoms with Crippen molar-refractivity contribution in [2.75, 3.05) is 31.1 Å². The SMILES string of the molecule is Cc1cccc(N2CCN(C3C(C)(C)C(O)(c4ccccc4)C3(C)C)CC2)n1. The summed E-state index contributed by atoms with van der Waals surface area (Å²) >= 11 is 0. The summed E-state index contributed by atoms with van der Waals surface area (Å²) in [4.78, 5) is 9.66. The van der Waals surface area contributed by atoms with E-state index in [1.807, 2.05) is 31.2 Å². The van der Waals surface area contributed by atoms with Gasteiger partial charge < -0.3 is 10.0 Å². The Morgan fingerprint density at radius 3 is 2.04 bits per heavy atom. The number of nitrogens with zero attached hydrogens (tertiary/aromatic N) is 3. The maximum atomic E-state index is 11.9. The summed E-state index contributed by atoms with van der Waals surface area (Å²) in [7, 11) is 0. The molecule has 150 valence electrons. The van der Waals surface area contributed by atoms with E-state index < -0.39 is 5.60 Å². The number of rotatable bonds is 3. The third kappa shape index (κ3) is 2.61. The topological polar surface area (TPSA) is 39.6 Å². The number of aromatic nitrogens is 1. The largest absolute Gasteiger partial charge is 0.384 e. The van der Waals surface area contributed by atoms with Crippen LogP contribution >= 0.6 is 0 Å². The van der Waals surface area contributed by atoms with Crippen molar-refractivity contribution in [3.63, 3.8) is 0 Å². The average molecular weight is 380 g/mol. The van der Waals surface area contributed by atoms with Crippen LogP contribution in [0.4, 0.5) is 5.82 Å². The van der Waals surface area contributed by atoms with E-state index in [4.69, 9.17) is 0 Å². The summed E-state index contributed by atoms with van der Waals surface area (Å²) in [5.41, 5.74) is 0.822. The maximum absolute atomic E-state index is 11.9. The van der Waals surface area contributed by atoms with Crippen LogP contribution in [-0.4, -0.2) is 47.2 Å². The predicted molar refractivity (Wildman–Crippen MR) is 114 cm³/mol. The van der Waals surface area contributed by atoms with Gasteiger partial charge in [0.1, 0.15) is 11.4 Å². The van der Waals surface area contributed by atoms with Gasteiger partial charge in [0.2, 0.25) is 0 Å². The molecule has 0 amide bonds. The molecular formula is C24H33N3O. The molecule has 0 spiro atoms. The zero-order valence-corrected chi connectivity index (χ0v) is 17.8. The van der Waals surface area contributed by atoms with Crippen LogP contribution in [0.3, 0.4) is 0 Å². The molecule has 28 heavy (non-hydrogen) atoms. The molecule has 1 saturated carbocycles. The molecule has 1 aromatic carbocycles. The van der Waals surface area contributed by atoms with Crippen molar-refractivity contribution in [3.05, 3.63) is 59.8 Å². The first-order chi connectivity index (χ1) is 13.2. The number of pyridine rings is 1. The van der Waals surface area contributed by atoms with E-state index in [1.165, 1.54) is 0 Å². The van der Waals surface area contributed by atoms with Crippen molar-refractivity contribution >= 4 is 5.82 Å². The predicted octanol–water partition coefficient (Wildman–Crippen LogP) is 3.83. The highest BCUT2D eigenvalue weighted by Crippen LogP contribution is 2.68. The fourth-order valence-electron chi connectivity index (χ4n) is 6.30. The van der Waals surface area contributed by atoms with E-state index in [1.54, 1.807) is 0 Å². The van der Waals surface area contributed by atoms with Gasteiger partial charge in [-0.05, 0) is 24.6 Å². The van der Waals surface area contributed by atoms with Crippen molar-refractivity contribution < 1.29 is 5.11 Å². The lowest BCUT2D eigenvalue weighted by atomic mass is 9.39. The molecule has 2 heterocycles. The van der Waals surface area contributed by atoms with Crippen LogP contribution in [0.25, 0.3) is 0 Å². The minimum atomic E-state index is -0.832. The Labute approximate surface area is 169 Å². The third-order valence-electron chi connectivity index (χ3n) is 7.30. The number of benzene rings is 1. The Morgan fingerprint density at radius 2 is 1.46 bits per heavy atom. The van der Waals surface area contributed by atoms with Crippen LogP contribution in [0, 0.1) is 17.8 Å². The van der Waals surface area contributed by atoms with Gasteiger partial charge in [0.15, 0.2) is 0 Å². The Hall–Kier alpha value is -1.91. The molecule has 0 unspecified atom stereocenters. The Morgan fingerprint density at radius 1 is 0.857 bits per heavy atom.